The van der Waals surface area contributed by atoms with Crippen LogP contribution in [0.4, 0.5) is 22.4 Å². The van der Waals surface area contributed by atoms with Gasteiger partial charge in [-0.05, 0) is 61.3 Å². The first-order chi connectivity index (χ1) is 22.2. The van der Waals surface area contributed by atoms with Crippen molar-refractivity contribution in [2.75, 3.05) is 13.7 Å². The van der Waals surface area contributed by atoms with E-state index >= 15 is 8.78 Å². The maximum atomic E-state index is 15.9. The number of benzene rings is 1. The maximum absolute atomic E-state index is 15.9. The number of aromatic nitrogens is 2. The van der Waals surface area contributed by atoms with Crippen molar-refractivity contribution in [2.24, 2.45) is 23.2 Å². The first-order valence-corrected chi connectivity index (χ1v) is 15.9. The lowest BCUT2D eigenvalue weighted by Gasteiger charge is -2.35. The number of nitrogens with one attached hydrogen (secondary N) is 1. The van der Waals surface area contributed by atoms with Gasteiger partial charge < -0.3 is 24.4 Å². The standard InChI is InChI=1S/C33H38F4N4O6/c1-32(2,3)27-29(42)41-15-17(12-24(41)30(43)45-4)46-28-26(38-22-13-20(34)21(35)14-23(22)39-28)33(36,37)10-6-5-7-19-18-9-8-16(18)11-25(19)47-31(44)40-27/h6,10,13-14,16-19,24-25,27H,5,7-9,11-12,15H2,1-4H3,(H,40,44)/b10-6+/t16-,17+,18-,19+,24-,25+,27+/m0/s1. The first-order valence-electron chi connectivity index (χ1n) is 15.9. The van der Waals surface area contributed by atoms with E-state index in [2.05, 4.69) is 15.3 Å². The molecule has 2 aliphatic carbocycles. The summed E-state index contributed by atoms with van der Waals surface area (Å²) in [6, 6.07) is -0.895. The SMILES string of the molecule is COC(=O)[C@@H]1C[C@@H]2CN1C(=O)[C@H](C(C)(C)C)NC(=O)O[C@@H]1C[C@@H]3CC[C@@H]3[C@H]1CC/C=C/C(F)(F)c1nc3cc(F)c(F)cc3nc1O2. The highest BCUT2D eigenvalue weighted by Crippen LogP contribution is 2.53. The van der Waals surface area contributed by atoms with Crippen LogP contribution >= 0.6 is 0 Å². The van der Waals surface area contributed by atoms with Crippen LogP contribution in [0.25, 0.3) is 11.0 Å². The Hall–Kier alpha value is -3.97. The Morgan fingerprint density at radius 3 is 2.36 bits per heavy atom. The lowest BCUT2D eigenvalue weighted by atomic mass is 9.71. The van der Waals surface area contributed by atoms with Crippen molar-refractivity contribution in [1.29, 1.82) is 0 Å². The number of alkyl carbamates (subject to hydrolysis) is 1. The zero-order valence-corrected chi connectivity index (χ0v) is 26.6. The van der Waals surface area contributed by atoms with Crippen LogP contribution in [0.15, 0.2) is 24.3 Å². The van der Waals surface area contributed by atoms with Crippen molar-refractivity contribution in [3.63, 3.8) is 0 Å². The highest BCUT2D eigenvalue weighted by Gasteiger charge is 2.51. The van der Waals surface area contributed by atoms with Gasteiger partial charge >= 0.3 is 18.0 Å². The second-order valence-electron chi connectivity index (χ2n) is 14.0. The summed E-state index contributed by atoms with van der Waals surface area (Å²) < 4.78 is 76.8. The average Bonchev–Trinajstić information content (AvgIpc) is 3.50. The molecule has 3 fully saturated rings. The normalized spacial score (nSPS) is 31.6. The Labute approximate surface area is 269 Å². The maximum Gasteiger partial charge on any atom is 0.408 e. The minimum atomic E-state index is -3.75. The Bertz CT molecular complexity index is 1610. The first kappa shape index (κ1) is 33.0. The van der Waals surface area contributed by atoms with Crippen molar-refractivity contribution >= 4 is 29.0 Å². The monoisotopic (exact) mass is 662 g/mol. The van der Waals surface area contributed by atoms with Crippen LogP contribution in [-0.2, 0) is 25.0 Å². The van der Waals surface area contributed by atoms with Crippen LogP contribution in [0, 0.1) is 34.8 Å². The van der Waals surface area contributed by atoms with Crippen LogP contribution in [-0.4, -0.2) is 70.8 Å². The third-order valence-electron chi connectivity index (χ3n) is 9.95. The third kappa shape index (κ3) is 6.34. The number of ether oxygens (including phenoxy) is 3. The predicted octanol–water partition coefficient (Wildman–Crippen LogP) is 5.43. The second kappa shape index (κ2) is 12.2. The van der Waals surface area contributed by atoms with Crippen LogP contribution < -0.4 is 10.1 Å². The summed E-state index contributed by atoms with van der Waals surface area (Å²) in [5.74, 6) is -7.69. The lowest BCUT2D eigenvalue weighted by Crippen LogP contribution is -2.57. The number of carbonyl (C=O) groups is 3. The second-order valence-corrected chi connectivity index (χ2v) is 14.0. The van der Waals surface area contributed by atoms with E-state index in [1.54, 1.807) is 20.8 Å². The molecule has 3 heterocycles. The van der Waals surface area contributed by atoms with Crippen molar-refractivity contribution in [2.45, 2.75) is 89.5 Å². The zero-order valence-electron chi connectivity index (χ0n) is 26.6. The van der Waals surface area contributed by atoms with Gasteiger partial charge in [0, 0.05) is 18.6 Å². The number of alkyl halides is 2. The largest absolute Gasteiger partial charge is 0.471 e. The number of amides is 2. The molecule has 2 aromatic rings. The lowest BCUT2D eigenvalue weighted by molar-refractivity contribution is -0.152. The summed E-state index contributed by atoms with van der Waals surface area (Å²) in [7, 11) is 1.15. The molecule has 0 spiro atoms. The molecule has 7 atom stereocenters. The van der Waals surface area contributed by atoms with E-state index in [1.165, 1.54) is 11.0 Å². The Balaban J connectivity index is 1.43. The summed E-state index contributed by atoms with van der Waals surface area (Å²) in [6.45, 7) is 5.01. The Kier molecular flexibility index (Phi) is 8.58. The molecule has 2 saturated carbocycles. The molecule has 0 unspecified atom stereocenters. The molecule has 47 heavy (non-hydrogen) atoms. The molecular weight excluding hydrogens is 624 g/mol. The van der Waals surface area contributed by atoms with E-state index in [9.17, 15) is 23.2 Å². The number of fused-ring (bicyclic) bond motifs is 7. The molecule has 1 N–H and O–H groups in total. The van der Waals surface area contributed by atoms with E-state index in [0.717, 1.165) is 26.0 Å². The number of carbonyl (C=O) groups excluding carboxylic acids is 3. The molecule has 4 aliphatic rings. The van der Waals surface area contributed by atoms with Crippen molar-refractivity contribution in [3.8, 4) is 5.88 Å². The fourth-order valence-electron chi connectivity index (χ4n) is 7.42. The van der Waals surface area contributed by atoms with Gasteiger partial charge in [0.25, 0.3) is 0 Å². The Morgan fingerprint density at radius 1 is 1.02 bits per heavy atom. The molecule has 1 aromatic heterocycles. The topological polar surface area (TPSA) is 120 Å². The van der Waals surface area contributed by atoms with E-state index < -0.39 is 76.8 Å². The molecule has 254 valence electrons. The highest BCUT2D eigenvalue weighted by atomic mass is 19.3. The number of hydrogen-bond donors (Lipinski definition) is 1. The van der Waals surface area contributed by atoms with Gasteiger partial charge in [0.1, 0.15) is 24.3 Å². The molecule has 0 radical (unpaired) electrons. The molecule has 2 amide bonds. The Morgan fingerprint density at radius 2 is 1.72 bits per heavy atom. The minimum Gasteiger partial charge on any atom is -0.471 e. The summed E-state index contributed by atoms with van der Waals surface area (Å²) in [5.41, 5.74) is -2.28. The van der Waals surface area contributed by atoms with Crippen LogP contribution in [0.1, 0.15) is 65.0 Å². The summed E-state index contributed by atoms with van der Waals surface area (Å²) in [4.78, 5) is 49.6. The van der Waals surface area contributed by atoms with Crippen molar-refractivity contribution < 1.29 is 46.2 Å². The molecule has 2 aliphatic heterocycles. The average molecular weight is 663 g/mol. The number of allylic oxidation sites excluding steroid dienone is 2. The number of esters is 1. The van der Waals surface area contributed by atoms with Crippen molar-refractivity contribution in [3.05, 3.63) is 41.6 Å². The van der Waals surface area contributed by atoms with Gasteiger partial charge in [-0.3, -0.25) is 4.79 Å². The highest BCUT2D eigenvalue weighted by molar-refractivity contribution is 5.91. The number of hydrogen-bond acceptors (Lipinski definition) is 8. The van der Waals surface area contributed by atoms with Gasteiger partial charge in [0.2, 0.25) is 11.8 Å². The fraction of sp³-hybridized carbons (Fsp3) is 0.606. The third-order valence-corrected chi connectivity index (χ3v) is 9.95. The summed E-state index contributed by atoms with van der Waals surface area (Å²) >= 11 is 0. The number of nitrogens with zero attached hydrogens (tertiary/aromatic N) is 3. The van der Waals surface area contributed by atoms with Crippen LogP contribution in [0.2, 0.25) is 0 Å². The molecule has 1 aromatic carbocycles. The van der Waals surface area contributed by atoms with Gasteiger partial charge in [-0.1, -0.05) is 26.8 Å². The number of halogens is 4. The number of rotatable bonds is 1. The molecule has 6 rings (SSSR count). The molecule has 1 saturated heterocycles. The van der Waals surface area contributed by atoms with Crippen LogP contribution in [0.5, 0.6) is 5.88 Å². The van der Waals surface area contributed by atoms with Gasteiger partial charge in [-0.2, -0.15) is 8.78 Å². The minimum absolute atomic E-state index is 0.0549. The number of methoxy groups -OCH3 is 1. The molecular formula is C33H38F4N4O6. The molecule has 2 bridgehead atoms. The van der Waals surface area contributed by atoms with E-state index in [4.69, 9.17) is 14.2 Å². The smallest absolute Gasteiger partial charge is 0.408 e. The van der Waals surface area contributed by atoms with E-state index in [-0.39, 0.29) is 36.3 Å². The van der Waals surface area contributed by atoms with E-state index in [0.29, 0.717) is 36.8 Å². The van der Waals surface area contributed by atoms with Gasteiger partial charge in [-0.25, -0.2) is 28.3 Å². The van der Waals surface area contributed by atoms with Crippen molar-refractivity contribution in [1.82, 2.24) is 20.2 Å². The zero-order chi connectivity index (χ0) is 33.8. The summed E-state index contributed by atoms with van der Waals surface area (Å²) in [6.07, 6.45) is 2.91. The predicted molar refractivity (Wildman–Crippen MR) is 159 cm³/mol. The molecule has 10 nitrogen and oxygen atoms in total. The van der Waals surface area contributed by atoms with E-state index in [1.807, 2.05) is 0 Å². The summed E-state index contributed by atoms with van der Waals surface area (Å²) in [5, 5.41) is 2.74. The fourth-order valence-corrected chi connectivity index (χ4v) is 7.42. The quantitative estimate of drug-likeness (QED) is 0.244. The van der Waals surface area contributed by atoms with Crippen LogP contribution in [0.3, 0.4) is 0 Å². The van der Waals surface area contributed by atoms with Gasteiger partial charge in [-0.15, -0.1) is 0 Å². The molecule has 14 heteroatoms. The van der Waals surface area contributed by atoms with Gasteiger partial charge in [0.15, 0.2) is 17.3 Å². The van der Waals surface area contributed by atoms with Gasteiger partial charge in [0.05, 0.1) is 24.7 Å².